The first-order valence-corrected chi connectivity index (χ1v) is 8.14. The standard InChI is InChI=1S/C18H28N2O2/c1-18(2,3)22-17(21)20-13-9-8-12-15(20)16(19-4)14-10-6-5-7-11-14/h5-7,10-11,15-16,19H,8-9,12-13H2,1-4H3. The number of hydrogen-bond acceptors (Lipinski definition) is 3. The van der Waals surface area contributed by atoms with E-state index >= 15 is 0 Å². The van der Waals surface area contributed by atoms with E-state index in [0.717, 1.165) is 25.8 Å². The van der Waals surface area contributed by atoms with Crippen LogP contribution in [-0.2, 0) is 4.74 Å². The smallest absolute Gasteiger partial charge is 0.410 e. The number of rotatable bonds is 3. The number of carbonyl (C=O) groups is 1. The van der Waals surface area contributed by atoms with Crippen molar-refractivity contribution in [2.45, 2.75) is 57.7 Å². The van der Waals surface area contributed by atoms with Crippen molar-refractivity contribution in [2.75, 3.05) is 13.6 Å². The zero-order valence-corrected chi connectivity index (χ0v) is 14.1. The molecule has 2 atom stereocenters. The molecule has 4 heteroatoms. The van der Waals surface area contributed by atoms with E-state index in [4.69, 9.17) is 4.74 Å². The molecule has 0 aliphatic carbocycles. The van der Waals surface area contributed by atoms with Crippen LogP contribution in [0.1, 0.15) is 51.6 Å². The number of nitrogens with zero attached hydrogens (tertiary/aromatic N) is 1. The molecule has 4 nitrogen and oxygen atoms in total. The first-order valence-electron chi connectivity index (χ1n) is 8.14. The van der Waals surface area contributed by atoms with Crippen LogP contribution in [0.4, 0.5) is 4.79 Å². The van der Waals surface area contributed by atoms with Crippen molar-refractivity contribution in [3.05, 3.63) is 35.9 Å². The van der Waals surface area contributed by atoms with Crippen molar-refractivity contribution in [3.8, 4) is 0 Å². The molecule has 0 bridgehead atoms. The lowest BCUT2D eigenvalue weighted by molar-refractivity contribution is 0.00498. The third-order valence-corrected chi connectivity index (χ3v) is 4.03. The Hall–Kier alpha value is -1.55. The molecule has 1 saturated heterocycles. The van der Waals surface area contributed by atoms with Gasteiger partial charge in [-0.05, 0) is 52.6 Å². The minimum Gasteiger partial charge on any atom is -0.444 e. The summed E-state index contributed by atoms with van der Waals surface area (Å²) in [7, 11) is 1.96. The Morgan fingerprint density at radius 1 is 1.27 bits per heavy atom. The van der Waals surface area contributed by atoms with Crippen molar-refractivity contribution >= 4 is 6.09 Å². The summed E-state index contributed by atoms with van der Waals surface area (Å²) in [5.41, 5.74) is 0.756. The summed E-state index contributed by atoms with van der Waals surface area (Å²) in [6, 6.07) is 10.6. The summed E-state index contributed by atoms with van der Waals surface area (Å²) >= 11 is 0. The summed E-state index contributed by atoms with van der Waals surface area (Å²) in [5.74, 6) is 0. The van der Waals surface area contributed by atoms with Gasteiger partial charge < -0.3 is 15.0 Å². The Bertz CT molecular complexity index is 482. The molecule has 1 amide bonds. The molecule has 122 valence electrons. The number of likely N-dealkylation sites (N-methyl/N-ethyl adjacent to an activating group) is 1. The monoisotopic (exact) mass is 304 g/mol. The number of ether oxygens (including phenoxy) is 1. The quantitative estimate of drug-likeness (QED) is 0.925. The Kier molecular flexibility index (Phi) is 5.46. The second kappa shape index (κ2) is 7.14. The molecule has 0 aromatic heterocycles. The molecule has 2 unspecified atom stereocenters. The van der Waals surface area contributed by atoms with Crippen LogP contribution in [0.3, 0.4) is 0 Å². The van der Waals surface area contributed by atoms with Gasteiger partial charge in [0.05, 0.1) is 12.1 Å². The Morgan fingerprint density at radius 3 is 2.55 bits per heavy atom. The van der Waals surface area contributed by atoms with Gasteiger partial charge in [-0.15, -0.1) is 0 Å². The third-order valence-electron chi connectivity index (χ3n) is 4.03. The molecule has 1 aliphatic heterocycles. The number of carbonyl (C=O) groups excluding carboxylic acids is 1. The second-order valence-corrected chi connectivity index (χ2v) is 6.91. The maximum atomic E-state index is 12.6. The van der Waals surface area contributed by atoms with Crippen LogP contribution in [0.5, 0.6) is 0 Å². The number of amides is 1. The van der Waals surface area contributed by atoms with Gasteiger partial charge in [-0.2, -0.15) is 0 Å². The number of likely N-dealkylation sites (tertiary alicyclic amines) is 1. The van der Waals surface area contributed by atoms with Crippen molar-refractivity contribution in [3.63, 3.8) is 0 Å². The molecular weight excluding hydrogens is 276 g/mol. The molecule has 22 heavy (non-hydrogen) atoms. The first-order chi connectivity index (χ1) is 10.4. The van der Waals surface area contributed by atoms with Crippen LogP contribution < -0.4 is 5.32 Å². The fraction of sp³-hybridized carbons (Fsp3) is 0.611. The molecule has 0 spiro atoms. The first kappa shape index (κ1) is 16.8. The second-order valence-electron chi connectivity index (χ2n) is 6.91. The minimum absolute atomic E-state index is 0.133. The molecule has 1 aromatic carbocycles. The van der Waals surface area contributed by atoms with Crippen molar-refractivity contribution in [1.82, 2.24) is 10.2 Å². The van der Waals surface area contributed by atoms with Gasteiger partial charge in [0, 0.05) is 6.54 Å². The molecule has 1 aromatic rings. The maximum absolute atomic E-state index is 12.6. The van der Waals surface area contributed by atoms with Gasteiger partial charge in [-0.1, -0.05) is 30.3 Å². The Balaban J connectivity index is 2.19. The zero-order valence-electron chi connectivity index (χ0n) is 14.1. The van der Waals surface area contributed by atoms with Crippen LogP contribution in [0.15, 0.2) is 30.3 Å². The van der Waals surface area contributed by atoms with E-state index in [2.05, 4.69) is 17.4 Å². The zero-order chi connectivity index (χ0) is 16.2. The molecule has 1 heterocycles. The average Bonchev–Trinajstić information content (AvgIpc) is 2.48. The topological polar surface area (TPSA) is 41.6 Å². The summed E-state index contributed by atoms with van der Waals surface area (Å²) < 4.78 is 5.60. The average molecular weight is 304 g/mol. The Morgan fingerprint density at radius 2 is 1.95 bits per heavy atom. The van der Waals surface area contributed by atoms with Gasteiger partial charge in [0.15, 0.2) is 0 Å². The molecule has 0 radical (unpaired) electrons. The highest BCUT2D eigenvalue weighted by molar-refractivity contribution is 5.69. The van der Waals surface area contributed by atoms with Gasteiger partial charge in [-0.25, -0.2) is 4.79 Å². The summed E-state index contributed by atoms with van der Waals surface area (Å²) in [6.07, 6.45) is 2.99. The molecule has 1 N–H and O–H groups in total. The third kappa shape index (κ3) is 4.23. The highest BCUT2D eigenvalue weighted by Crippen LogP contribution is 2.29. The lowest BCUT2D eigenvalue weighted by Crippen LogP contribution is -2.51. The normalized spacial score (nSPS) is 20.5. The van der Waals surface area contributed by atoms with Gasteiger partial charge in [0.1, 0.15) is 5.60 Å². The van der Waals surface area contributed by atoms with Gasteiger partial charge in [-0.3, -0.25) is 0 Å². The molecular formula is C18H28N2O2. The van der Waals surface area contributed by atoms with Crippen LogP contribution in [0, 0.1) is 0 Å². The number of hydrogen-bond donors (Lipinski definition) is 1. The molecule has 2 rings (SSSR count). The SMILES string of the molecule is CNC(c1ccccc1)C1CCCCN1C(=O)OC(C)(C)C. The summed E-state index contributed by atoms with van der Waals surface area (Å²) in [6.45, 7) is 6.51. The van der Waals surface area contributed by atoms with Gasteiger partial charge in [0.25, 0.3) is 0 Å². The molecule has 0 saturated carbocycles. The van der Waals surface area contributed by atoms with Crippen LogP contribution in [0.2, 0.25) is 0 Å². The fourth-order valence-corrected chi connectivity index (χ4v) is 3.09. The van der Waals surface area contributed by atoms with E-state index in [1.54, 1.807) is 0 Å². The lowest BCUT2D eigenvalue weighted by Gasteiger charge is -2.41. The van der Waals surface area contributed by atoms with E-state index in [1.807, 2.05) is 50.9 Å². The maximum Gasteiger partial charge on any atom is 0.410 e. The number of benzene rings is 1. The fourth-order valence-electron chi connectivity index (χ4n) is 3.09. The van der Waals surface area contributed by atoms with Crippen LogP contribution >= 0.6 is 0 Å². The van der Waals surface area contributed by atoms with Crippen molar-refractivity contribution in [1.29, 1.82) is 0 Å². The molecule has 1 fully saturated rings. The highest BCUT2D eigenvalue weighted by Gasteiger charge is 2.35. The van der Waals surface area contributed by atoms with Crippen LogP contribution in [-0.4, -0.2) is 36.2 Å². The largest absolute Gasteiger partial charge is 0.444 e. The summed E-state index contributed by atoms with van der Waals surface area (Å²) in [4.78, 5) is 14.5. The summed E-state index contributed by atoms with van der Waals surface area (Å²) in [5, 5.41) is 3.39. The van der Waals surface area contributed by atoms with E-state index in [9.17, 15) is 4.79 Å². The molecule has 1 aliphatic rings. The highest BCUT2D eigenvalue weighted by atomic mass is 16.6. The van der Waals surface area contributed by atoms with Gasteiger partial charge in [0.2, 0.25) is 0 Å². The van der Waals surface area contributed by atoms with E-state index in [0.29, 0.717) is 0 Å². The predicted molar refractivity (Wildman–Crippen MR) is 88.8 cm³/mol. The number of nitrogens with one attached hydrogen (secondary N) is 1. The Labute approximate surface area is 133 Å². The lowest BCUT2D eigenvalue weighted by atomic mass is 9.91. The van der Waals surface area contributed by atoms with E-state index < -0.39 is 5.60 Å². The van der Waals surface area contributed by atoms with Gasteiger partial charge >= 0.3 is 6.09 Å². The minimum atomic E-state index is -0.457. The van der Waals surface area contributed by atoms with E-state index in [1.165, 1.54) is 5.56 Å². The van der Waals surface area contributed by atoms with E-state index in [-0.39, 0.29) is 18.2 Å². The van der Waals surface area contributed by atoms with Crippen molar-refractivity contribution in [2.24, 2.45) is 0 Å². The predicted octanol–water partition coefficient (Wildman–Crippen LogP) is 3.74. The number of piperidine rings is 1. The van der Waals surface area contributed by atoms with Crippen LogP contribution in [0.25, 0.3) is 0 Å². The van der Waals surface area contributed by atoms with Crippen molar-refractivity contribution < 1.29 is 9.53 Å².